The van der Waals surface area contributed by atoms with Crippen molar-refractivity contribution in [1.29, 1.82) is 0 Å². The average Bonchev–Trinajstić information content (AvgIpc) is 3.01. The number of fused-ring (bicyclic) bond motifs is 1. The minimum absolute atomic E-state index is 0.120. The smallest absolute Gasteiger partial charge is 0.242 e. The molecule has 0 radical (unpaired) electrons. The van der Waals surface area contributed by atoms with Crippen LogP contribution in [-0.2, 0) is 0 Å². The molecule has 0 spiro atoms. The number of para-hydroxylation sites is 1. The van der Waals surface area contributed by atoms with E-state index in [-0.39, 0.29) is 11.4 Å². The minimum Gasteiger partial charge on any atom is -0.479 e. The van der Waals surface area contributed by atoms with Gasteiger partial charge in [0.2, 0.25) is 5.88 Å². The molecule has 2 aromatic heterocycles. The van der Waals surface area contributed by atoms with Crippen LogP contribution in [0.1, 0.15) is 0 Å². The summed E-state index contributed by atoms with van der Waals surface area (Å²) in [5.74, 6) is -0.590. The monoisotopic (exact) mass is 352 g/mol. The van der Waals surface area contributed by atoms with Crippen molar-refractivity contribution in [1.82, 2.24) is 14.4 Å². The van der Waals surface area contributed by atoms with Gasteiger partial charge in [0.05, 0.1) is 12.7 Å². The molecule has 0 unspecified atom stereocenters. The first-order valence-corrected chi connectivity index (χ1v) is 7.86. The predicted molar refractivity (Wildman–Crippen MR) is 94.6 cm³/mol. The summed E-state index contributed by atoms with van der Waals surface area (Å²) in [5, 5.41) is 3.15. The van der Waals surface area contributed by atoms with Crippen molar-refractivity contribution >= 4 is 17.0 Å². The number of hydrogen-bond acceptors (Lipinski definition) is 4. The van der Waals surface area contributed by atoms with E-state index in [1.54, 1.807) is 10.6 Å². The summed E-state index contributed by atoms with van der Waals surface area (Å²) in [6, 6.07) is 13.0. The van der Waals surface area contributed by atoms with E-state index in [0.717, 1.165) is 5.69 Å². The number of rotatable bonds is 4. The van der Waals surface area contributed by atoms with Crippen molar-refractivity contribution in [2.24, 2.45) is 0 Å². The van der Waals surface area contributed by atoms with Gasteiger partial charge in [-0.15, -0.1) is 0 Å². The number of hydrogen-bond donors (Lipinski definition) is 1. The fraction of sp³-hybridized carbons (Fsp3) is 0.0526. The SMILES string of the molecule is COc1nccn2c(-c3c(F)cccc3F)nc(Nc3ccccc3)c12. The number of benzene rings is 2. The number of imidazole rings is 1. The van der Waals surface area contributed by atoms with Gasteiger partial charge in [-0.05, 0) is 24.3 Å². The summed E-state index contributed by atoms with van der Waals surface area (Å²) < 4.78 is 35.5. The number of methoxy groups -OCH3 is 1. The molecule has 2 heterocycles. The Morgan fingerprint density at radius 1 is 1.00 bits per heavy atom. The van der Waals surface area contributed by atoms with E-state index in [4.69, 9.17) is 4.74 Å². The van der Waals surface area contributed by atoms with Crippen molar-refractivity contribution in [3.05, 3.63) is 72.6 Å². The summed E-state index contributed by atoms with van der Waals surface area (Å²) in [4.78, 5) is 8.61. The van der Waals surface area contributed by atoms with Crippen molar-refractivity contribution in [3.63, 3.8) is 0 Å². The van der Waals surface area contributed by atoms with Gasteiger partial charge in [0.1, 0.15) is 11.6 Å². The Hall–Kier alpha value is -3.48. The second-order valence-corrected chi connectivity index (χ2v) is 5.53. The highest BCUT2D eigenvalue weighted by atomic mass is 19.1. The predicted octanol–water partition coefficient (Wildman–Crippen LogP) is 4.43. The first kappa shape index (κ1) is 16.0. The molecular weight excluding hydrogens is 338 g/mol. The number of ether oxygens (including phenoxy) is 1. The lowest BCUT2D eigenvalue weighted by Gasteiger charge is -2.06. The molecule has 0 amide bonds. The lowest BCUT2D eigenvalue weighted by Crippen LogP contribution is -1.98. The zero-order chi connectivity index (χ0) is 18.1. The van der Waals surface area contributed by atoms with Gasteiger partial charge < -0.3 is 10.1 Å². The highest BCUT2D eigenvalue weighted by Crippen LogP contribution is 2.34. The van der Waals surface area contributed by atoms with Crippen LogP contribution >= 0.6 is 0 Å². The highest BCUT2D eigenvalue weighted by Gasteiger charge is 2.22. The zero-order valence-electron chi connectivity index (χ0n) is 13.8. The largest absolute Gasteiger partial charge is 0.479 e. The molecule has 0 aliphatic carbocycles. The zero-order valence-corrected chi connectivity index (χ0v) is 13.8. The Morgan fingerprint density at radius 2 is 1.73 bits per heavy atom. The summed E-state index contributed by atoms with van der Waals surface area (Å²) >= 11 is 0. The van der Waals surface area contributed by atoms with Crippen LogP contribution in [-0.4, -0.2) is 21.5 Å². The molecule has 7 heteroatoms. The molecule has 130 valence electrons. The highest BCUT2D eigenvalue weighted by molar-refractivity contribution is 5.82. The topological polar surface area (TPSA) is 51.5 Å². The molecule has 5 nitrogen and oxygen atoms in total. The van der Waals surface area contributed by atoms with E-state index in [2.05, 4.69) is 15.3 Å². The molecule has 1 N–H and O–H groups in total. The molecule has 0 atom stereocenters. The first-order valence-electron chi connectivity index (χ1n) is 7.86. The molecule has 2 aromatic carbocycles. The van der Waals surface area contributed by atoms with Crippen molar-refractivity contribution in [2.75, 3.05) is 12.4 Å². The maximum Gasteiger partial charge on any atom is 0.242 e. The van der Waals surface area contributed by atoms with E-state index >= 15 is 0 Å². The molecule has 4 aromatic rings. The molecule has 0 saturated carbocycles. The van der Waals surface area contributed by atoms with E-state index in [1.807, 2.05) is 30.3 Å². The van der Waals surface area contributed by atoms with Crippen LogP contribution in [0.5, 0.6) is 5.88 Å². The Kier molecular flexibility index (Phi) is 3.96. The number of halogens is 2. The van der Waals surface area contributed by atoms with E-state index in [1.165, 1.54) is 31.5 Å². The fourth-order valence-electron chi connectivity index (χ4n) is 2.79. The van der Waals surface area contributed by atoms with Crippen LogP contribution in [0.4, 0.5) is 20.3 Å². The van der Waals surface area contributed by atoms with E-state index in [0.29, 0.717) is 17.2 Å². The number of aromatic nitrogens is 3. The van der Waals surface area contributed by atoms with Gasteiger partial charge >= 0.3 is 0 Å². The first-order chi connectivity index (χ1) is 12.7. The molecule has 0 fully saturated rings. The van der Waals surface area contributed by atoms with Crippen molar-refractivity contribution in [3.8, 4) is 17.3 Å². The van der Waals surface area contributed by atoms with Crippen LogP contribution in [0.3, 0.4) is 0 Å². The normalized spacial score (nSPS) is 10.9. The standard InChI is InChI=1S/C19H14F2N4O/c1-26-19-16-17(23-12-6-3-2-4-7-12)24-18(25(16)11-10-22-19)15-13(20)8-5-9-14(15)21/h2-11,23H,1H3. The Labute approximate surface area is 147 Å². The third-order valence-corrected chi connectivity index (χ3v) is 3.94. The molecule has 0 aliphatic heterocycles. The number of nitrogens with one attached hydrogen (secondary N) is 1. The van der Waals surface area contributed by atoms with Crippen molar-refractivity contribution < 1.29 is 13.5 Å². The summed E-state index contributed by atoms with van der Waals surface area (Å²) in [6.45, 7) is 0. The summed E-state index contributed by atoms with van der Waals surface area (Å²) in [5.41, 5.74) is 1.05. The molecule has 0 aliphatic rings. The van der Waals surface area contributed by atoms with E-state index in [9.17, 15) is 8.78 Å². The van der Waals surface area contributed by atoms with Gasteiger partial charge in [-0.1, -0.05) is 24.3 Å². The van der Waals surface area contributed by atoms with Gasteiger partial charge in [0.25, 0.3) is 0 Å². The quantitative estimate of drug-likeness (QED) is 0.590. The number of anilines is 2. The van der Waals surface area contributed by atoms with Crippen LogP contribution < -0.4 is 10.1 Å². The van der Waals surface area contributed by atoms with Crippen LogP contribution in [0.25, 0.3) is 16.9 Å². The lowest BCUT2D eigenvalue weighted by molar-refractivity contribution is 0.401. The molecule has 26 heavy (non-hydrogen) atoms. The van der Waals surface area contributed by atoms with Gasteiger partial charge in [0.15, 0.2) is 17.2 Å². The van der Waals surface area contributed by atoms with Gasteiger partial charge in [-0.2, -0.15) is 0 Å². The molecule has 4 rings (SSSR count). The third-order valence-electron chi connectivity index (χ3n) is 3.94. The van der Waals surface area contributed by atoms with Gasteiger partial charge in [-0.3, -0.25) is 4.40 Å². The fourth-order valence-corrected chi connectivity index (χ4v) is 2.79. The average molecular weight is 352 g/mol. The number of nitrogens with zero attached hydrogens (tertiary/aromatic N) is 3. The molecule has 0 saturated heterocycles. The lowest BCUT2D eigenvalue weighted by atomic mass is 10.2. The Bertz CT molecular complexity index is 1060. The maximum absolute atomic E-state index is 14.3. The molecular formula is C19H14F2N4O. The summed E-state index contributed by atoms with van der Waals surface area (Å²) in [6.07, 6.45) is 3.07. The van der Waals surface area contributed by atoms with Gasteiger partial charge in [0, 0.05) is 18.1 Å². The van der Waals surface area contributed by atoms with Crippen LogP contribution in [0.2, 0.25) is 0 Å². The van der Waals surface area contributed by atoms with Crippen LogP contribution in [0.15, 0.2) is 60.9 Å². The third kappa shape index (κ3) is 2.63. The van der Waals surface area contributed by atoms with Crippen molar-refractivity contribution in [2.45, 2.75) is 0 Å². The second kappa shape index (κ2) is 6.44. The summed E-state index contributed by atoms with van der Waals surface area (Å²) in [7, 11) is 1.48. The Balaban J connectivity index is 1.98. The second-order valence-electron chi connectivity index (χ2n) is 5.53. The van der Waals surface area contributed by atoms with Gasteiger partial charge in [-0.25, -0.2) is 18.7 Å². The van der Waals surface area contributed by atoms with E-state index < -0.39 is 11.6 Å². The van der Waals surface area contributed by atoms with Crippen LogP contribution in [0, 0.1) is 11.6 Å². The molecule has 0 bridgehead atoms. The minimum atomic E-state index is -0.695. The maximum atomic E-state index is 14.3. The Morgan fingerprint density at radius 3 is 2.42 bits per heavy atom.